The molecule has 2 unspecified atom stereocenters. The van der Waals surface area contributed by atoms with Crippen LogP contribution in [0.15, 0.2) is 114 Å². The average molecular weight is 472 g/mol. The Morgan fingerprint density at radius 2 is 1.42 bits per heavy atom. The lowest BCUT2D eigenvalue weighted by Gasteiger charge is -2.09. The van der Waals surface area contributed by atoms with E-state index in [9.17, 15) is 4.79 Å². The van der Waals surface area contributed by atoms with E-state index in [0.29, 0.717) is 5.89 Å². The Morgan fingerprint density at radius 1 is 0.778 bits per heavy atom. The number of methoxy groups -OCH3 is 1. The van der Waals surface area contributed by atoms with Gasteiger partial charge in [0.05, 0.1) is 13.0 Å². The third-order valence-corrected chi connectivity index (χ3v) is 6.79. The van der Waals surface area contributed by atoms with Gasteiger partial charge in [0.25, 0.3) is 0 Å². The minimum absolute atomic E-state index is 0.0471. The lowest BCUT2D eigenvalue weighted by Crippen LogP contribution is -2.03. The molecule has 0 aliphatic heterocycles. The van der Waals surface area contributed by atoms with Gasteiger partial charge in [0, 0.05) is 16.7 Å². The monoisotopic (exact) mass is 471 g/mol. The summed E-state index contributed by atoms with van der Waals surface area (Å²) in [4.78, 5) is 17.0. The molecule has 4 aromatic carbocycles. The lowest BCUT2D eigenvalue weighted by atomic mass is 9.96. The van der Waals surface area contributed by atoms with Crippen LogP contribution >= 0.6 is 0 Å². The maximum absolute atomic E-state index is 12.0. The van der Waals surface area contributed by atoms with E-state index in [1.165, 1.54) is 7.11 Å². The number of esters is 1. The van der Waals surface area contributed by atoms with Crippen molar-refractivity contribution < 1.29 is 13.9 Å². The molecule has 0 amide bonds. The molecule has 0 N–H and O–H groups in total. The molecular formula is C32H25NO3. The number of carbonyl (C=O) groups excluding carboxylic acids is 1. The van der Waals surface area contributed by atoms with Crippen LogP contribution in [0.25, 0.3) is 45.2 Å². The first-order chi connectivity index (χ1) is 17.7. The molecule has 4 nitrogen and oxygen atoms in total. The van der Waals surface area contributed by atoms with Crippen molar-refractivity contribution in [2.75, 3.05) is 7.11 Å². The SMILES string of the molecule is COC(=O)C1CC1c1cccc(-c2ccccc2-c2nc(-c3ccccc3)c(-c3ccccc3)o2)c1. The first kappa shape index (κ1) is 22.1. The summed E-state index contributed by atoms with van der Waals surface area (Å²) in [5.41, 5.74) is 6.99. The van der Waals surface area contributed by atoms with Crippen molar-refractivity contribution in [3.63, 3.8) is 0 Å². The lowest BCUT2D eigenvalue weighted by molar-refractivity contribution is -0.142. The first-order valence-corrected chi connectivity index (χ1v) is 12.1. The van der Waals surface area contributed by atoms with Crippen molar-refractivity contribution in [3.8, 4) is 45.2 Å². The molecule has 176 valence electrons. The zero-order chi connectivity index (χ0) is 24.5. The van der Waals surface area contributed by atoms with Gasteiger partial charge in [-0.3, -0.25) is 4.79 Å². The van der Waals surface area contributed by atoms with Gasteiger partial charge in [-0.25, -0.2) is 4.98 Å². The normalized spacial score (nSPS) is 16.5. The number of oxazole rings is 1. The number of carbonyl (C=O) groups is 1. The van der Waals surface area contributed by atoms with Gasteiger partial charge in [-0.05, 0) is 35.1 Å². The molecule has 36 heavy (non-hydrogen) atoms. The zero-order valence-electron chi connectivity index (χ0n) is 19.9. The van der Waals surface area contributed by atoms with E-state index in [2.05, 4.69) is 42.5 Å². The number of ether oxygens (including phenoxy) is 1. The van der Waals surface area contributed by atoms with Gasteiger partial charge in [0.15, 0.2) is 5.76 Å². The van der Waals surface area contributed by atoms with Gasteiger partial charge in [-0.1, -0.05) is 103 Å². The number of benzene rings is 4. The smallest absolute Gasteiger partial charge is 0.309 e. The van der Waals surface area contributed by atoms with Gasteiger partial charge in [0.1, 0.15) is 5.69 Å². The Bertz CT molecular complexity index is 1460. The summed E-state index contributed by atoms with van der Waals surface area (Å²) in [6.07, 6.45) is 0.832. The van der Waals surface area contributed by atoms with E-state index in [4.69, 9.17) is 14.1 Å². The van der Waals surface area contributed by atoms with E-state index < -0.39 is 0 Å². The summed E-state index contributed by atoms with van der Waals surface area (Å²) < 4.78 is 11.4. The van der Waals surface area contributed by atoms with Crippen molar-refractivity contribution in [2.45, 2.75) is 12.3 Å². The minimum atomic E-state index is -0.132. The van der Waals surface area contributed by atoms with Gasteiger partial charge in [-0.15, -0.1) is 0 Å². The van der Waals surface area contributed by atoms with Crippen LogP contribution in [-0.4, -0.2) is 18.1 Å². The van der Waals surface area contributed by atoms with Gasteiger partial charge >= 0.3 is 5.97 Å². The Balaban J connectivity index is 1.44. The Hall–Kier alpha value is -4.44. The molecule has 4 heteroatoms. The van der Waals surface area contributed by atoms with Crippen LogP contribution in [-0.2, 0) is 9.53 Å². The minimum Gasteiger partial charge on any atom is -0.469 e. The summed E-state index contributed by atoms with van der Waals surface area (Å²) in [5, 5.41) is 0. The molecule has 1 aromatic heterocycles. The van der Waals surface area contributed by atoms with Crippen LogP contribution in [0.2, 0.25) is 0 Å². The third-order valence-electron chi connectivity index (χ3n) is 6.79. The molecule has 2 atom stereocenters. The van der Waals surface area contributed by atoms with Gasteiger partial charge < -0.3 is 9.15 Å². The molecule has 5 aromatic rings. The first-order valence-electron chi connectivity index (χ1n) is 12.1. The Labute approximate surface area is 210 Å². The highest BCUT2D eigenvalue weighted by molar-refractivity contribution is 5.84. The molecule has 1 aliphatic carbocycles. The van der Waals surface area contributed by atoms with Crippen LogP contribution < -0.4 is 0 Å². The number of rotatable bonds is 6. The fourth-order valence-electron chi connectivity index (χ4n) is 4.85. The van der Waals surface area contributed by atoms with Crippen LogP contribution in [0.4, 0.5) is 0 Å². The summed E-state index contributed by atoms with van der Waals surface area (Å²) >= 11 is 0. The summed E-state index contributed by atoms with van der Waals surface area (Å²) in [6, 6.07) is 36.8. The molecule has 0 spiro atoms. The standard InChI is InChI=1S/C32H25NO3/c1-35-32(34)28-20-27(28)24-16-10-15-23(19-24)25-17-8-9-18-26(25)31-33-29(21-11-4-2-5-12-21)30(36-31)22-13-6-3-7-14-22/h2-19,27-28H,20H2,1H3. The van der Waals surface area contributed by atoms with Crippen LogP contribution in [0.3, 0.4) is 0 Å². The second-order valence-electron chi connectivity index (χ2n) is 9.07. The van der Waals surface area contributed by atoms with Crippen LogP contribution in [0.5, 0.6) is 0 Å². The predicted octanol–water partition coefficient (Wildman–Crippen LogP) is 7.62. The second-order valence-corrected chi connectivity index (χ2v) is 9.07. The number of aromatic nitrogens is 1. The predicted molar refractivity (Wildman–Crippen MR) is 141 cm³/mol. The quantitative estimate of drug-likeness (QED) is 0.239. The highest BCUT2D eigenvalue weighted by Gasteiger charge is 2.44. The highest BCUT2D eigenvalue weighted by atomic mass is 16.5. The molecule has 1 saturated carbocycles. The molecular weight excluding hydrogens is 446 g/mol. The molecule has 6 rings (SSSR count). The Kier molecular flexibility index (Phi) is 5.70. The summed E-state index contributed by atoms with van der Waals surface area (Å²) in [5.74, 6) is 1.36. The number of nitrogens with zero attached hydrogens (tertiary/aromatic N) is 1. The maximum Gasteiger partial charge on any atom is 0.309 e. The molecule has 1 heterocycles. The molecule has 0 bridgehead atoms. The van der Waals surface area contributed by atoms with E-state index in [0.717, 1.165) is 51.3 Å². The zero-order valence-corrected chi connectivity index (χ0v) is 19.9. The number of hydrogen-bond acceptors (Lipinski definition) is 4. The van der Waals surface area contributed by atoms with E-state index in [1.54, 1.807) is 0 Å². The molecule has 0 radical (unpaired) electrons. The second kappa shape index (κ2) is 9.31. The third kappa shape index (κ3) is 4.11. The topological polar surface area (TPSA) is 52.3 Å². The van der Waals surface area contributed by atoms with Crippen molar-refractivity contribution in [3.05, 3.63) is 115 Å². The van der Waals surface area contributed by atoms with Crippen molar-refractivity contribution in [1.82, 2.24) is 4.98 Å². The van der Waals surface area contributed by atoms with Crippen LogP contribution in [0.1, 0.15) is 17.9 Å². The summed E-state index contributed by atoms with van der Waals surface area (Å²) in [7, 11) is 1.45. The number of hydrogen-bond donors (Lipinski definition) is 0. The van der Waals surface area contributed by atoms with Crippen LogP contribution in [0, 0.1) is 5.92 Å². The average Bonchev–Trinajstić information content (AvgIpc) is 3.64. The van der Waals surface area contributed by atoms with E-state index >= 15 is 0 Å². The van der Waals surface area contributed by atoms with E-state index in [1.807, 2.05) is 66.7 Å². The molecule has 1 fully saturated rings. The fraction of sp³-hybridized carbons (Fsp3) is 0.125. The fourth-order valence-corrected chi connectivity index (χ4v) is 4.85. The van der Waals surface area contributed by atoms with Crippen molar-refractivity contribution in [2.24, 2.45) is 5.92 Å². The largest absolute Gasteiger partial charge is 0.469 e. The highest BCUT2D eigenvalue weighted by Crippen LogP contribution is 2.49. The van der Waals surface area contributed by atoms with Gasteiger partial charge in [0.2, 0.25) is 5.89 Å². The molecule has 1 aliphatic rings. The van der Waals surface area contributed by atoms with Gasteiger partial charge in [-0.2, -0.15) is 0 Å². The van der Waals surface area contributed by atoms with E-state index in [-0.39, 0.29) is 17.8 Å². The van der Waals surface area contributed by atoms with Crippen molar-refractivity contribution >= 4 is 5.97 Å². The maximum atomic E-state index is 12.0. The summed E-state index contributed by atoms with van der Waals surface area (Å²) in [6.45, 7) is 0. The molecule has 0 saturated heterocycles. The van der Waals surface area contributed by atoms with Crippen molar-refractivity contribution in [1.29, 1.82) is 0 Å². The Morgan fingerprint density at radius 3 is 2.14 bits per heavy atom.